The van der Waals surface area contributed by atoms with Gasteiger partial charge in [-0.2, -0.15) is 0 Å². The minimum Gasteiger partial charge on any atom is -0.289 e. The molecule has 1 aromatic heterocycles. The maximum Gasteiger partial charge on any atom is 0.193 e. The van der Waals surface area contributed by atoms with Gasteiger partial charge in [0.2, 0.25) is 0 Å². The van der Waals surface area contributed by atoms with E-state index in [1.807, 2.05) is 18.2 Å². The van der Waals surface area contributed by atoms with Gasteiger partial charge in [-0.3, -0.25) is 4.79 Å². The average molecular weight is 187 g/mol. The Kier molecular flexibility index (Phi) is 2.07. The van der Waals surface area contributed by atoms with Crippen molar-refractivity contribution >= 4 is 27.8 Å². The molecule has 0 fully saturated rings. The second-order valence-corrected chi connectivity index (χ2v) is 3.31. The fourth-order valence-electron chi connectivity index (χ4n) is 1.05. The van der Waals surface area contributed by atoms with Crippen LogP contribution in [0.3, 0.4) is 0 Å². The van der Waals surface area contributed by atoms with Crippen LogP contribution in [-0.2, 0) is 4.79 Å². The summed E-state index contributed by atoms with van der Waals surface area (Å²) in [6.45, 7) is 0. The predicted octanol–water partition coefficient (Wildman–Crippen LogP) is 1.85. The molecule has 0 N–H and O–H groups in total. The Morgan fingerprint density at radius 3 is 3.23 bits per heavy atom. The largest absolute Gasteiger partial charge is 0.289 e. The van der Waals surface area contributed by atoms with Crippen LogP contribution in [0.25, 0.3) is 10.2 Å². The van der Waals surface area contributed by atoms with Crippen LogP contribution in [0.5, 0.6) is 0 Å². The van der Waals surface area contributed by atoms with E-state index in [1.165, 1.54) is 0 Å². The van der Waals surface area contributed by atoms with Crippen molar-refractivity contribution in [2.75, 3.05) is 0 Å². The number of rotatable bonds is 0. The highest BCUT2D eigenvalue weighted by molar-refractivity contribution is 7.16. The topological polar surface area (TPSA) is 30.0 Å². The molecule has 0 atom stereocenters. The lowest BCUT2D eigenvalue weighted by Crippen LogP contribution is -1.73. The average Bonchev–Trinajstić information content (AvgIpc) is 2.61. The molecule has 0 saturated heterocycles. The highest BCUT2D eigenvalue weighted by atomic mass is 32.1. The summed E-state index contributed by atoms with van der Waals surface area (Å²) in [5.41, 5.74) is 3.62. The SMILES string of the molecule is O=CC#Cc1ccc2ncsc2c1. The van der Waals surface area contributed by atoms with Crippen molar-refractivity contribution in [3.8, 4) is 11.8 Å². The molecule has 0 aliphatic rings. The van der Waals surface area contributed by atoms with Gasteiger partial charge in [-0.15, -0.1) is 11.3 Å². The zero-order valence-corrected chi connectivity index (χ0v) is 7.47. The van der Waals surface area contributed by atoms with Gasteiger partial charge in [0.15, 0.2) is 6.29 Å². The monoisotopic (exact) mass is 187 g/mol. The molecule has 3 heteroatoms. The van der Waals surface area contributed by atoms with Gasteiger partial charge >= 0.3 is 0 Å². The molecule has 0 saturated carbocycles. The Bertz CT molecular complexity index is 504. The number of nitrogens with zero attached hydrogens (tertiary/aromatic N) is 1. The summed E-state index contributed by atoms with van der Waals surface area (Å²) in [6.07, 6.45) is 0.594. The molecule has 0 spiro atoms. The second-order valence-electron chi connectivity index (χ2n) is 2.42. The Morgan fingerprint density at radius 1 is 1.46 bits per heavy atom. The van der Waals surface area contributed by atoms with Crippen molar-refractivity contribution in [2.24, 2.45) is 0 Å². The molecule has 2 rings (SSSR count). The molecular weight excluding hydrogens is 182 g/mol. The normalized spacial score (nSPS) is 9.23. The Balaban J connectivity index is 2.54. The molecule has 0 radical (unpaired) electrons. The first kappa shape index (κ1) is 7.96. The van der Waals surface area contributed by atoms with Crippen molar-refractivity contribution < 1.29 is 4.79 Å². The van der Waals surface area contributed by atoms with E-state index in [-0.39, 0.29) is 0 Å². The second kappa shape index (κ2) is 3.38. The number of hydrogen-bond acceptors (Lipinski definition) is 3. The quantitative estimate of drug-likeness (QED) is 0.465. The molecular formula is C10H5NOS. The number of aromatic nitrogens is 1. The van der Waals surface area contributed by atoms with Crippen molar-refractivity contribution in [3.05, 3.63) is 29.3 Å². The van der Waals surface area contributed by atoms with Crippen molar-refractivity contribution in [2.45, 2.75) is 0 Å². The predicted molar refractivity (Wildman–Crippen MR) is 52.6 cm³/mol. The van der Waals surface area contributed by atoms with Gasteiger partial charge in [0.25, 0.3) is 0 Å². The lowest BCUT2D eigenvalue weighted by Gasteiger charge is -1.88. The molecule has 2 aromatic rings. The maximum absolute atomic E-state index is 10.0. The van der Waals surface area contributed by atoms with Crippen LogP contribution in [0.1, 0.15) is 5.56 Å². The molecule has 13 heavy (non-hydrogen) atoms. The smallest absolute Gasteiger partial charge is 0.193 e. The molecule has 0 aliphatic carbocycles. The Hall–Kier alpha value is -1.66. The van der Waals surface area contributed by atoms with E-state index in [0.717, 1.165) is 15.8 Å². The van der Waals surface area contributed by atoms with Crippen LogP contribution in [0.4, 0.5) is 0 Å². The van der Waals surface area contributed by atoms with E-state index in [1.54, 1.807) is 16.8 Å². The van der Waals surface area contributed by atoms with Gasteiger partial charge in [-0.1, -0.05) is 5.92 Å². The summed E-state index contributed by atoms with van der Waals surface area (Å²) in [7, 11) is 0. The van der Waals surface area contributed by atoms with Crippen molar-refractivity contribution in [1.29, 1.82) is 0 Å². The molecule has 0 unspecified atom stereocenters. The lowest BCUT2D eigenvalue weighted by atomic mass is 10.2. The molecule has 1 heterocycles. The van der Waals surface area contributed by atoms with Crippen LogP contribution in [0, 0.1) is 11.8 Å². The fraction of sp³-hybridized carbons (Fsp3) is 0. The first-order chi connectivity index (χ1) is 6.40. The highest BCUT2D eigenvalue weighted by Gasteiger charge is 1.95. The molecule has 1 aromatic carbocycles. The molecule has 0 bridgehead atoms. The van der Waals surface area contributed by atoms with Gasteiger partial charge < -0.3 is 0 Å². The summed E-state index contributed by atoms with van der Waals surface area (Å²) < 4.78 is 1.10. The Morgan fingerprint density at radius 2 is 2.38 bits per heavy atom. The zero-order valence-electron chi connectivity index (χ0n) is 6.65. The minimum absolute atomic E-state index is 0.594. The van der Waals surface area contributed by atoms with Crippen LogP contribution in [0.15, 0.2) is 23.7 Å². The summed E-state index contributed by atoms with van der Waals surface area (Å²) in [5, 5.41) is 0. The summed E-state index contributed by atoms with van der Waals surface area (Å²) in [6, 6.07) is 5.70. The summed E-state index contributed by atoms with van der Waals surface area (Å²) >= 11 is 1.57. The number of carbonyl (C=O) groups excluding carboxylic acids is 1. The summed E-state index contributed by atoms with van der Waals surface area (Å²) in [5.74, 6) is 5.11. The summed E-state index contributed by atoms with van der Waals surface area (Å²) in [4.78, 5) is 14.1. The fourth-order valence-corrected chi connectivity index (χ4v) is 1.76. The zero-order chi connectivity index (χ0) is 9.10. The molecule has 0 amide bonds. The number of fused-ring (bicyclic) bond motifs is 1. The van der Waals surface area contributed by atoms with Gasteiger partial charge in [0.1, 0.15) is 0 Å². The van der Waals surface area contributed by atoms with Crippen LogP contribution >= 0.6 is 11.3 Å². The molecule has 2 nitrogen and oxygen atoms in total. The molecule has 0 aliphatic heterocycles. The van der Waals surface area contributed by atoms with Crippen LogP contribution in [-0.4, -0.2) is 11.3 Å². The van der Waals surface area contributed by atoms with E-state index in [0.29, 0.717) is 6.29 Å². The van der Waals surface area contributed by atoms with Gasteiger partial charge in [-0.05, 0) is 24.1 Å². The highest BCUT2D eigenvalue weighted by Crippen LogP contribution is 2.18. The third-order valence-electron chi connectivity index (χ3n) is 1.61. The first-order valence-corrected chi connectivity index (χ1v) is 4.56. The van der Waals surface area contributed by atoms with Crippen LogP contribution < -0.4 is 0 Å². The Labute approximate surface area is 79.2 Å². The van der Waals surface area contributed by atoms with Crippen molar-refractivity contribution in [1.82, 2.24) is 4.98 Å². The van der Waals surface area contributed by atoms with Gasteiger partial charge in [0, 0.05) is 5.56 Å². The van der Waals surface area contributed by atoms with E-state index >= 15 is 0 Å². The van der Waals surface area contributed by atoms with E-state index in [2.05, 4.69) is 16.8 Å². The number of aldehydes is 1. The van der Waals surface area contributed by atoms with E-state index in [4.69, 9.17) is 0 Å². The third-order valence-corrected chi connectivity index (χ3v) is 2.40. The lowest BCUT2D eigenvalue weighted by molar-refractivity contribution is -0.103. The van der Waals surface area contributed by atoms with Gasteiger partial charge in [0.05, 0.1) is 15.7 Å². The van der Waals surface area contributed by atoms with Crippen molar-refractivity contribution in [3.63, 3.8) is 0 Å². The number of thiazole rings is 1. The number of benzene rings is 1. The molecule has 62 valence electrons. The maximum atomic E-state index is 10.0. The van der Waals surface area contributed by atoms with E-state index in [9.17, 15) is 4.79 Å². The van der Waals surface area contributed by atoms with E-state index < -0.39 is 0 Å². The third kappa shape index (κ3) is 1.58. The first-order valence-electron chi connectivity index (χ1n) is 3.68. The minimum atomic E-state index is 0.594. The van der Waals surface area contributed by atoms with Gasteiger partial charge in [-0.25, -0.2) is 4.98 Å². The standard InChI is InChI=1S/C10H5NOS/c12-5-1-2-8-3-4-9-10(6-8)13-7-11-9/h3-7H. The van der Waals surface area contributed by atoms with Crippen LogP contribution in [0.2, 0.25) is 0 Å². The number of carbonyl (C=O) groups is 1. The number of hydrogen-bond donors (Lipinski definition) is 0.